The highest BCUT2D eigenvalue weighted by Crippen LogP contribution is 2.38. The number of rotatable bonds is 7. The highest BCUT2D eigenvalue weighted by molar-refractivity contribution is 5.94. The number of hydrogen-bond acceptors (Lipinski definition) is 7. The Morgan fingerprint density at radius 2 is 2.12 bits per heavy atom. The first-order valence-corrected chi connectivity index (χ1v) is 8.56. The fourth-order valence-electron chi connectivity index (χ4n) is 2.65. The molecule has 1 saturated carbocycles. The molecule has 0 N–H and O–H groups in total. The molecule has 0 aliphatic heterocycles. The second-order valence-corrected chi connectivity index (χ2v) is 6.50. The molecule has 134 valence electrons. The van der Waals surface area contributed by atoms with E-state index in [1.807, 2.05) is 24.3 Å². The van der Waals surface area contributed by atoms with Gasteiger partial charge in [0.2, 0.25) is 5.89 Å². The third-order valence-corrected chi connectivity index (χ3v) is 4.36. The van der Waals surface area contributed by atoms with Crippen LogP contribution in [0.5, 0.6) is 0 Å². The predicted octanol–water partition coefficient (Wildman–Crippen LogP) is 1.30. The average Bonchev–Trinajstić information content (AvgIpc) is 3.18. The Hall–Kier alpha value is -3.10. The topological polar surface area (TPSA) is 103 Å². The Balaban J connectivity index is 1.32. The number of carbonyl (C=O) groups excluding carboxylic acids is 1. The smallest absolute Gasteiger partial charge is 0.253 e. The van der Waals surface area contributed by atoms with Gasteiger partial charge in [0, 0.05) is 31.5 Å². The molecule has 0 atom stereocenters. The van der Waals surface area contributed by atoms with Gasteiger partial charge in [-0.05, 0) is 41.0 Å². The lowest BCUT2D eigenvalue weighted by Crippen LogP contribution is -2.29. The largest absolute Gasteiger partial charge is 0.341 e. The normalized spacial score (nSPS) is 13.7. The van der Waals surface area contributed by atoms with E-state index >= 15 is 0 Å². The van der Waals surface area contributed by atoms with E-state index in [2.05, 4.69) is 25.7 Å². The van der Waals surface area contributed by atoms with Crippen LogP contribution in [0.3, 0.4) is 0 Å². The fraction of sp³-hybridized carbons (Fsp3) is 0.412. The van der Waals surface area contributed by atoms with Gasteiger partial charge in [0.15, 0.2) is 5.82 Å². The van der Waals surface area contributed by atoms with Crippen molar-refractivity contribution in [1.82, 2.24) is 35.2 Å². The van der Waals surface area contributed by atoms with Crippen LogP contribution < -0.4 is 0 Å². The van der Waals surface area contributed by atoms with Crippen LogP contribution in [0.1, 0.15) is 46.4 Å². The maximum atomic E-state index is 12.5. The molecule has 4 rings (SSSR count). The van der Waals surface area contributed by atoms with E-state index in [4.69, 9.17) is 4.52 Å². The number of aromatic nitrogens is 6. The molecule has 0 spiro atoms. The fourth-order valence-corrected chi connectivity index (χ4v) is 2.65. The molecule has 0 bridgehead atoms. The quantitative estimate of drug-likeness (QED) is 0.630. The van der Waals surface area contributed by atoms with Gasteiger partial charge in [0.25, 0.3) is 5.91 Å². The summed E-state index contributed by atoms with van der Waals surface area (Å²) < 4.78 is 6.87. The standard InChI is InChI=1S/C17H19N7O2/c1-23(9-8-15-19-16(26-20-15)13-6-7-13)17(25)14-4-2-12(3-5-14)10-24-11-18-21-22-24/h2-5,11,13H,6-10H2,1H3. The third-order valence-electron chi connectivity index (χ3n) is 4.36. The maximum absolute atomic E-state index is 12.5. The number of benzene rings is 1. The molecule has 2 aromatic heterocycles. The van der Waals surface area contributed by atoms with Crippen molar-refractivity contribution in [2.75, 3.05) is 13.6 Å². The lowest BCUT2D eigenvalue weighted by atomic mass is 10.1. The summed E-state index contributed by atoms with van der Waals surface area (Å²) in [7, 11) is 1.78. The predicted molar refractivity (Wildman–Crippen MR) is 90.3 cm³/mol. The molecule has 1 aliphatic carbocycles. The molecule has 9 heteroatoms. The molecule has 26 heavy (non-hydrogen) atoms. The second-order valence-electron chi connectivity index (χ2n) is 6.50. The Bertz CT molecular complexity index is 869. The zero-order valence-corrected chi connectivity index (χ0v) is 14.4. The summed E-state index contributed by atoms with van der Waals surface area (Å²) in [5.74, 6) is 1.79. The zero-order chi connectivity index (χ0) is 17.9. The van der Waals surface area contributed by atoms with E-state index in [0.29, 0.717) is 36.8 Å². The van der Waals surface area contributed by atoms with Crippen LogP contribution in [0.15, 0.2) is 35.1 Å². The Morgan fingerprint density at radius 1 is 1.31 bits per heavy atom. The minimum absolute atomic E-state index is 0.0371. The van der Waals surface area contributed by atoms with Crippen molar-refractivity contribution >= 4 is 5.91 Å². The van der Waals surface area contributed by atoms with Crippen molar-refractivity contribution in [2.45, 2.75) is 31.7 Å². The third kappa shape index (κ3) is 3.76. The number of nitrogens with zero attached hydrogens (tertiary/aromatic N) is 7. The first-order chi connectivity index (χ1) is 12.7. The van der Waals surface area contributed by atoms with Crippen LogP contribution in [-0.2, 0) is 13.0 Å². The highest BCUT2D eigenvalue weighted by atomic mass is 16.5. The van der Waals surface area contributed by atoms with Gasteiger partial charge in [-0.2, -0.15) is 4.98 Å². The molecular formula is C17H19N7O2. The summed E-state index contributed by atoms with van der Waals surface area (Å²) in [6, 6.07) is 7.45. The van der Waals surface area contributed by atoms with E-state index in [1.165, 1.54) is 0 Å². The lowest BCUT2D eigenvalue weighted by Gasteiger charge is -2.16. The van der Waals surface area contributed by atoms with Crippen LogP contribution in [-0.4, -0.2) is 54.7 Å². The number of amides is 1. The summed E-state index contributed by atoms with van der Waals surface area (Å²) in [5.41, 5.74) is 1.66. The molecule has 1 amide bonds. The molecule has 1 fully saturated rings. The molecular weight excluding hydrogens is 334 g/mol. The van der Waals surface area contributed by atoms with Gasteiger partial charge in [-0.3, -0.25) is 4.79 Å². The van der Waals surface area contributed by atoms with E-state index in [-0.39, 0.29) is 5.91 Å². The van der Waals surface area contributed by atoms with Crippen LogP contribution in [0.25, 0.3) is 0 Å². The van der Waals surface area contributed by atoms with Crippen molar-refractivity contribution < 1.29 is 9.32 Å². The van der Waals surface area contributed by atoms with Crippen molar-refractivity contribution in [3.05, 3.63) is 53.4 Å². The van der Waals surface area contributed by atoms with Gasteiger partial charge in [0.05, 0.1) is 6.54 Å². The second kappa shape index (κ2) is 7.03. The SMILES string of the molecule is CN(CCc1noc(C2CC2)n1)C(=O)c1ccc(Cn2cnnn2)cc1. The molecule has 0 unspecified atom stereocenters. The van der Waals surface area contributed by atoms with Gasteiger partial charge in [-0.1, -0.05) is 17.3 Å². The molecule has 3 aromatic rings. The number of hydrogen-bond donors (Lipinski definition) is 0. The summed E-state index contributed by atoms with van der Waals surface area (Å²) in [5, 5.41) is 15.0. The van der Waals surface area contributed by atoms with Gasteiger partial charge >= 0.3 is 0 Å². The Labute approximate surface area is 150 Å². The minimum atomic E-state index is -0.0371. The van der Waals surface area contributed by atoms with Crippen LogP contribution in [0.4, 0.5) is 0 Å². The Morgan fingerprint density at radius 3 is 2.81 bits per heavy atom. The number of likely N-dealkylation sites (N-methyl/N-ethyl adjacent to an activating group) is 1. The molecule has 9 nitrogen and oxygen atoms in total. The van der Waals surface area contributed by atoms with E-state index in [0.717, 1.165) is 24.3 Å². The van der Waals surface area contributed by atoms with Gasteiger partial charge < -0.3 is 9.42 Å². The van der Waals surface area contributed by atoms with Gasteiger partial charge in [0.1, 0.15) is 6.33 Å². The lowest BCUT2D eigenvalue weighted by molar-refractivity contribution is 0.0796. The van der Waals surface area contributed by atoms with Gasteiger partial charge in [-0.15, -0.1) is 5.10 Å². The van der Waals surface area contributed by atoms with Crippen molar-refractivity contribution in [1.29, 1.82) is 0 Å². The average molecular weight is 353 g/mol. The van der Waals surface area contributed by atoms with Crippen molar-refractivity contribution in [2.24, 2.45) is 0 Å². The van der Waals surface area contributed by atoms with Crippen LogP contribution in [0, 0.1) is 0 Å². The molecule has 2 heterocycles. The maximum Gasteiger partial charge on any atom is 0.253 e. The summed E-state index contributed by atoms with van der Waals surface area (Å²) in [6.45, 7) is 1.10. The Kier molecular flexibility index (Phi) is 4.42. The highest BCUT2D eigenvalue weighted by Gasteiger charge is 2.29. The summed E-state index contributed by atoms with van der Waals surface area (Å²) >= 11 is 0. The summed E-state index contributed by atoms with van der Waals surface area (Å²) in [4.78, 5) is 18.6. The first-order valence-electron chi connectivity index (χ1n) is 8.56. The molecule has 1 aromatic carbocycles. The van der Waals surface area contributed by atoms with Crippen molar-refractivity contribution in [3.63, 3.8) is 0 Å². The zero-order valence-electron chi connectivity index (χ0n) is 14.4. The van der Waals surface area contributed by atoms with Crippen LogP contribution in [0.2, 0.25) is 0 Å². The molecule has 0 radical (unpaired) electrons. The molecule has 0 saturated heterocycles. The number of carbonyl (C=O) groups is 1. The van der Waals surface area contributed by atoms with Crippen molar-refractivity contribution in [3.8, 4) is 0 Å². The summed E-state index contributed by atoms with van der Waals surface area (Å²) in [6.07, 6.45) is 4.39. The first kappa shape index (κ1) is 16.4. The van der Waals surface area contributed by atoms with Gasteiger partial charge in [-0.25, -0.2) is 4.68 Å². The van der Waals surface area contributed by atoms with E-state index in [9.17, 15) is 4.79 Å². The van der Waals surface area contributed by atoms with E-state index < -0.39 is 0 Å². The minimum Gasteiger partial charge on any atom is -0.341 e. The molecule has 1 aliphatic rings. The number of tetrazole rings is 1. The van der Waals surface area contributed by atoms with Crippen LogP contribution >= 0.6 is 0 Å². The monoisotopic (exact) mass is 353 g/mol. The van der Waals surface area contributed by atoms with E-state index in [1.54, 1.807) is 23.0 Å².